The molecule has 1 amide bonds. The summed E-state index contributed by atoms with van der Waals surface area (Å²) in [4.78, 5) is 39.0. The molecule has 23 heavy (non-hydrogen) atoms. The van der Waals surface area contributed by atoms with Crippen LogP contribution in [0, 0.1) is 0 Å². The van der Waals surface area contributed by atoms with Crippen LogP contribution >= 0.6 is 12.4 Å². The van der Waals surface area contributed by atoms with Gasteiger partial charge in [-0.25, -0.2) is 4.79 Å². The standard InChI is InChI=1S/C15H18N4O3.ClH/c20-13(17-10-5-7-16-8-6-10)9-19-14(21)11-3-1-2-4-12(11)18-15(19)22;/h1-4,10,16H,5-9H2,(H,17,20)(H,18,22);1H. The SMILES string of the molecule is Cl.O=C(Cn1c(=O)[nH]c2ccccc2c1=O)NC1CCNCC1. The Bertz CT molecular complexity index is 808. The number of para-hydroxylation sites is 1. The Labute approximate surface area is 138 Å². The van der Waals surface area contributed by atoms with Crippen LogP contribution in [-0.4, -0.2) is 34.6 Å². The quantitative estimate of drug-likeness (QED) is 0.733. The number of hydrogen-bond donors (Lipinski definition) is 3. The molecule has 0 atom stereocenters. The van der Waals surface area contributed by atoms with E-state index in [0.29, 0.717) is 10.9 Å². The van der Waals surface area contributed by atoms with Gasteiger partial charge in [0.1, 0.15) is 6.54 Å². The summed E-state index contributed by atoms with van der Waals surface area (Å²) >= 11 is 0. The molecule has 0 radical (unpaired) electrons. The highest BCUT2D eigenvalue weighted by molar-refractivity contribution is 5.85. The number of carbonyl (C=O) groups is 1. The van der Waals surface area contributed by atoms with Gasteiger partial charge in [-0.2, -0.15) is 0 Å². The molecule has 0 spiro atoms. The number of fused-ring (bicyclic) bond motifs is 1. The van der Waals surface area contributed by atoms with Crippen molar-refractivity contribution in [3.8, 4) is 0 Å². The summed E-state index contributed by atoms with van der Waals surface area (Å²) in [6.45, 7) is 1.46. The normalized spacial score (nSPS) is 15.1. The zero-order valence-electron chi connectivity index (χ0n) is 12.5. The van der Waals surface area contributed by atoms with E-state index in [0.717, 1.165) is 30.5 Å². The van der Waals surface area contributed by atoms with Crippen molar-refractivity contribution in [2.45, 2.75) is 25.4 Å². The number of benzene rings is 1. The van der Waals surface area contributed by atoms with Crippen LogP contribution in [0.25, 0.3) is 10.9 Å². The summed E-state index contributed by atoms with van der Waals surface area (Å²) in [5.74, 6) is -0.310. The van der Waals surface area contributed by atoms with Crippen molar-refractivity contribution in [3.63, 3.8) is 0 Å². The summed E-state index contributed by atoms with van der Waals surface area (Å²) in [5.41, 5.74) is -0.531. The van der Waals surface area contributed by atoms with Gasteiger partial charge in [0, 0.05) is 6.04 Å². The molecule has 0 aliphatic carbocycles. The molecule has 0 bridgehead atoms. The summed E-state index contributed by atoms with van der Waals surface area (Å²) in [6.07, 6.45) is 1.71. The fourth-order valence-electron chi connectivity index (χ4n) is 2.73. The van der Waals surface area contributed by atoms with Crippen molar-refractivity contribution in [1.29, 1.82) is 0 Å². The summed E-state index contributed by atoms with van der Waals surface area (Å²) in [6, 6.07) is 6.86. The molecule has 8 heteroatoms. The van der Waals surface area contributed by atoms with Crippen molar-refractivity contribution < 1.29 is 4.79 Å². The summed E-state index contributed by atoms with van der Waals surface area (Å²) in [7, 11) is 0. The minimum absolute atomic E-state index is 0. The highest BCUT2D eigenvalue weighted by Crippen LogP contribution is 2.03. The van der Waals surface area contributed by atoms with Crippen LogP contribution in [0.4, 0.5) is 0 Å². The van der Waals surface area contributed by atoms with E-state index in [1.54, 1.807) is 24.3 Å². The second-order valence-electron chi connectivity index (χ2n) is 5.46. The number of aromatic nitrogens is 2. The third-order valence-corrected chi connectivity index (χ3v) is 3.90. The van der Waals surface area contributed by atoms with Gasteiger partial charge in [-0.05, 0) is 38.1 Å². The molecule has 2 heterocycles. The van der Waals surface area contributed by atoms with Crippen LogP contribution in [0.2, 0.25) is 0 Å². The number of rotatable bonds is 3. The zero-order chi connectivity index (χ0) is 15.5. The first-order valence-corrected chi connectivity index (χ1v) is 7.37. The van der Waals surface area contributed by atoms with Crippen LogP contribution in [0.3, 0.4) is 0 Å². The first-order chi connectivity index (χ1) is 10.6. The average Bonchev–Trinajstić information content (AvgIpc) is 2.52. The van der Waals surface area contributed by atoms with Crippen molar-refractivity contribution >= 4 is 29.2 Å². The van der Waals surface area contributed by atoms with E-state index in [-0.39, 0.29) is 30.9 Å². The molecule has 1 aromatic carbocycles. The lowest BCUT2D eigenvalue weighted by atomic mass is 10.1. The maximum absolute atomic E-state index is 12.3. The fraction of sp³-hybridized carbons (Fsp3) is 0.400. The average molecular weight is 339 g/mol. The van der Waals surface area contributed by atoms with Crippen LogP contribution in [0.5, 0.6) is 0 Å². The van der Waals surface area contributed by atoms with Crippen LogP contribution in [0.1, 0.15) is 12.8 Å². The lowest BCUT2D eigenvalue weighted by Crippen LogP contribution is -2.46. The summed E-state index contributed by atoms with van der Waals surface area (Å²) < 4.78 is 0.943. The largest absolute Gasteiger partial charge is 0.352 e. The fourth-order valence-corrected chi connectivity index (χ4v) is 2.73. The monoisotopic (exact) mass is 338 g/mol. The zero-order valence-corrected chi connectivity index (χ0v) is 13.3. The van der Waals surface area contributed by atoms with Gasteiger partial charge in [0.2, 0.25) is 5.91 Å². The number of H-pyrrole nitrogens is 1. The van der Waals surface area contributed by atoms with E-state index in [2.05, 4.69) is 15.6 Å². The molecular formula is C15H19ClN4O3. The first kappa shape index (κ1) is 17.2. The summed E-state index contributed by atoms with van der Waals surface area (Å²) in [5, 5.41) is 6.49. The van der Waals surface area contributed by atoms with Gasteiger partial charge in [0.05, 0.1) is 10.9 Å². The van der Waals surface area contributed by atoms with Gasteiger partial charge >= 0.3 is 5.69 Å². The lowest BCUT2D eigenvalue weighted by molar-refractivity contribution is -0.122. The van der Waals surface area contributed by atoms with Crippen LogP contribution in [-0.2, 0) is 11.3 Å². The van der Waals surface area contributed by atoms with Crippen molar-refractivity contribution in [2.24, 2.45) is 0 Å². The molecule has 1 aliphatic rings. The topological polar surface area (TPSA) is 96.0 Å². The van der Waals surface area contributed by atoms with E-state index in [1.807, 2.05) is 0 Å². The molecule has 124 valence electrons. The van der Waals surface area contributed by atoms with Crippen LogP contribution < -0.4 is 21.9 Å². The molecular weight excluding hydrogens is 320 g/mol. The number of piperidine rings is 1. The molecule has 3 N–H and O–H groups in total. The Balaban J connectivity index is 0.00000192. The van der Waals surface area contributed by atoms with Crippen LogP contribution in [0.15, 0.2) is 33.9 Å². The van der Waals surface area contributed by atoms with E-state index in [4.69, 9.17) is 0 Å². The van der Waals surface area contributed by atoms with E-state index in [9.17, 15) is 14.4 Å². The van der Waals surface area contributed by atoms with Gasteiger partial charge in [0.25, 0.3) is 5.56 Å². The number of hydrogen-bond acceptors (Lipinski definition) is 4. The van der Waals surface area contributed by atoms with Crippen molar-refractivity contribution in [1.82, 2.24) is 20.2 Å². The number of carbonyl (C=O) groups excluding carboxylic acids is 1. The maximum atomic E-state index is 12.3. The third kappa shape index (κ3) is 3.80. The Morgan fingerprint density at radius 3 is 2.65 bits per heavy atom. The number of aromatic amines is 1. The molecule has 2 aromatic rings. The third-order valence-electron chi connectivity index (χ3n) is 3.90. The van der Waals surface area contributed by atoms with Crippen molar-refractivity contribution in [3.05, 3.63) is 45.1 Å². The predicted molar refractivity (Wildman–Crippen MR) is 90.1 cm³/mol. The highest BCUT2D eigenvalue weighted by Gasteiger charge is 2.17. The Morgan fingerprint density at radius 2 is 1.91 bits per heavy atom. The molecule has 7 nitrogen and oxygen atoms in total. The molecule has 0 saturated carbocycles. The van der Waals surface area contributed by atoms with E-state index < -0.39 is 11.2 Å². The molecule has 1 aromatic heterocycles. The Hall–Kier alpha value is -2.12. The van der Waals surface area contributed by atoms with Gasteiger partial charge in [-0.1, -0.05) is 12.1 Å². The number of halogens is 1. The Kier molecular flexibility index (Phi) is 5.57. The minimum atomic E-state index is -0.566. The predicted octanol–water partition coefficient (Wildman–Crippen LogP) is -0.0202. The second kappa shape index (κ2) is 7.43. The van der Waals surface area contributed by atoms with Gasteiger partial charge in [-0.15, -0.1) is 12.4 Å². The van der Waals surface area contributed by atoms with Crippen molar-refractivity contribution in [2.75, 3.05) is 13.1 Å². The van der Waals surface area contributed by atoms with E-state index in [1.165, 1.54) is 0 Å². The highest BCUT2D eigenvalue weighted by atomic mass is 35.5. The molecule has 1 aliphatic heterocycles. The van der Waals surface area contributed by atoms with Gasteiger partial charge in [0.15, 0.2) is 0 Å². The molecule has 1 fully saturated rings. The maximum Gasteiger partial charge on any atom is 0.329 e. The minimum Gasteiger partial charge on any atom is -0.352 e. The number of nitrogens with one attached hydrogen (secondary N) is 3. The Morgan fingerprint density at radius 1 is 1.22 bits per heavy atom. The smallest absolute Gasteiger partial charge is 0.329 e. The van der Waals surface area contributed by atoms with Gasteiger partial charge < -0.3 is 15.6 Å². The number of nitrogens with zero attached hydrogens (tertiary/aromatic N) is 1. The lowest BCUT2D eigenvalue weighted by Gasteiger charge is -2.23. The number of amides is 1. The molecule has 0 unspecified atom stereocenters. The first-order valence-electron chi connectivity index (χ1n) is 7.37. The molecule has 1 saturated heterocycles. The second-order valence-corrected chi connectivity index (χ2v) is 5.46. The molecule has 3 rings (SSSR count). The van der Waals surface area contributed by atoms with Gasteiger partial charge in [-0.3, -0.25) is 14.2 Å². The van der Waals surface area contributed by atoms with E-state index >= 15 is 0 Å².